The minimum Gasteiger partial charge on any atom is -0.357 e. The molecule has 1 N–H and O–H groups in total. The fourth-order valence-electron chi connectivity index (χ4n) is 2.73. The predicted molar refractivity (Wildman–Crippen MR) is 82.8 cm³/mol. The molecule has 1 fully saturated rings. The fraction of sp³-hybridized carbons (Fsp3) is 0.714. The Labute approximate surface area is 124 Å². The van der Waals surface area contributed by atoms with Gasteiger partial charge in [0, 0.05) is 20.1 Å². The molecule has 116 valence electrons. The Kier molecular flexibility index (Phi) is 4.29. The summed E-state index contributed by atoms with van der Waals surface area (Å²) in [5, 5.41) is 14.3. The summed E-state index contributed by atoms with van der Waals surface area (Å²) in [7, 11) is 1.72. The topological polar surface area (TPSA) is 84.2 Å². The van der Waals surface area contributed by atoms with Crippen molar-refractivity contribution < 1.29 is 4.92 Å². The first-order chi connectivity index (χ1) is 9.84. The molecule has 0 atom stereocenters. The summed E-state index contributed by atoms with van der Waals surface area (Å²) in [4.78, 5) is 21.5. The third-order valence-electron chi connectivity index (χ3n) is 4.09. The number of nitrogens with zero attached hydrogens (tertiary/aromatic N) is 4. The lowest BCUT2D eigenvalue weighted by Gasteiger charge is -2.24. The van der Waals surface area contributed by atoms with E-state index in [9.17, 15) is 10.1 Å². The second-order valence-electron chi connectivity index (χ2n) is 6.32. The zero-order chi connectivity index (χ0) is 15.6. The van der Waals surface area contributed by atoms with Crippen molar-refractivity contribution in [2.75, 3.05) is 30.4 Å². The lowest BCUT2D eigenvalue weighted by atomic mass is 9.85. The first kappa shape index (κ1) is 15.5. The molecule has 0 bridgehead atoms. The van der Waals surface area contributed by atoms with Gasteiger partial charge in [0.05, 0.1) is 4.92 Å². The van der Waals surface area contributed by atoms with Gasteiger partial charge in [-0.2, -0.15) is 4.98 Å². The van der Waals surface area contributed by atoms with Gasteiger partial charge in [-0.1, -0.05) is 13.8 Å². The van der Waals surface area contributed by atoms with E-state index in [0.717, 1.165) is 32.4 Å². The van der Waals surface area contributed by atoms with Crippen molar-refractivity contribution in [2.45, 2.75) is 40.0 Å². The lowest BCUT2D eigenvalue weighted by Crippen LogP contribution is -2.27. The minimum absolute atomic E-state index is 0.0220. The Morgan fingerprint density at radius 1 is 1.29 bits per heavy atom. The van der Waals surface area contributed by atoms with E-state index in [4.69, 9.17) is 0 Å². The van der Waals surface area contributed by atoms with Crippen LogP contribution in [-0.4, -0.2) is 35.0 Å². The number of hydrogen-bond acceptors (Lipinski definition) is 6. The maximum absolute atomic E-state index is 11.4. The van der Waals surface area contributed by atoms with Gasteiger partial charge in [0.1, 0.15) is 5.69 Å². The molecule has 0 unspecified atom stereocenters. The van der Waals surface area contributed by atoms with Gasteiger partial charge in [-0.05, 0) is 31.6 Å². The molecule has 1 aliphatic rings. The molecule has 0 aliphatic carbocycles. The Morgan fingerprint density at radius 3 is 2.62 bits per heavy atom. The lowest BCUT2D eigenvalue weighted by molar-refractivity contribution is -0.385. The van der Waals surface area contributed by atoms with Crippen LogP contribution in [0.2, 0.25) is 0 Å². The Hall–Kier alpha value is -1.92. The molecule has 7 heteroatoms. The van der Waals surface area contributed by atoms with Crippen LogP contribution in [0, 0.1) is 22.5 Å². The van der Waals surface area contributed by atoms with Gasteiger partial charge in [-0.25, -0.2) is 4.98 Å². The van der Waals surface area contributed by atoms with Gasteiger partial charge >= 0.3 is 5.69 Å². The first-order valence-electron chi connectivity index (χ1n) is 7.30. The van der Waals surface area contributed by atoms with Crippen LogP contribution in [0.5, 0.6) is 0 Å². The van der Waals surface area contributed by atoms with Crippen LogP contribution >= 0.6 is 0 Å². The third kappa shape index (κ3) is 3.40. The smallest absolute Gasteiger partial charge is 0.332 e. The second kappa shape index (κ2) is 5.83. The van der Waals surface area contributed by atoms with Crippen LogP contribution < -0.4 is 10.2 Å². The zero-order valence-corrected chi connectivity index (χ0v) is 13.1. The first-order valence-corrected chi connectivity index (χ1v) is 7.30. The van der Waals surface area contributed by atoms with E-state index in [1.807, 2.05) is 4.90 Å². The molecule has 0 radical (unpaired) electrons. The number of anilines is 2. The van der Waals surface area contributed by atoms with Crippen LogP contribution in [0.15, 0.2) is 0 Å². The van der Waals surface area contributed by atoms with Crippen molar-refractivity contribution in [1.82, 2.24) is 9.97 Å². The van der Waals surface area contributed by atoms with Crippen molar-refractivity contribution >= 4 is 17.5 Å². The van der Waals surface area contributed by atoms with E-state index < -0.39 is 0 Å². The highest BCUT2D eigenvalue weighted by atomic mass is 16.6. The van der Waals surface area contributed by atoms with Crippen LogP contribution in [0.3, 0.4) is 0 Å². The van der Waals surface area contributed by atoms with Crippen LogP contribution in [-0.2, 0) is 0 Å². The molecule has 1 aromatic heterocycles. The van der Waals surface area contributed by atoms with E-state index in [0.29, 0.717) is 17.5 Å². The van der Waals surface area contributed by atoms with E-state index >= 15 is 0 Å². The number of rotatable bonds is 3. The average Bonchev–Trinajstić information content (AvgIpc) is 2.58. The second-order valence-corrected chi connectivity index (χ2v) is 6.32. The molecule has 1 aliphatic heterocycles. The Bertz CT molecular complexity index is 544. The zero-order valence-electron chi connectivity index (χ0n) is 13.1. The van der Waals surface area contributed by atoms with E-state index in [1.165, 1.54) is 0 Å². The summed E-state index contributed by atoms with van der Waals surface area (Å²) in [5.74, 6) is 0.867. The molecule has 0 saturated carbocycles. The van der Waals surface area contributed by atoms with E-state index in [1.54, 1.807) is 14.0 Å². The highest BCUT2D eigenvalue weighted by Gasteiger charge is 2.30. The third-order valence-corrected chi connectivity index (χ3v) is 4.09. The summed E-state index contributed by atoms with van der Waals surface area (Å²) in [5.41, 5.74) is 0.698. The van der Waals surface area contributed by atoms with Gasteiger partial charge in [0.2, 0.25) is 11.8 Å². The number of aromatic nitrogens is 2. The largest absolute Gasteiger partial charge is 0.357 e. The van der Waals surface area contributed by atoms with Crippen LogP contribution in [0.1, 0.15) is 38.8 Å². The van der Waals surface area contributed by atoms with Gasteiger partial charge in [0.25, 0.3) is 0 Å². The molecule has 21 heavy (non-hydrogen) atoms. The summed E-state index contributed by atoms with van der Waals surface area (Å²) >= 11 is 0. The minimum atomic E-state index is -0.375. The fourth-order valence-corrected chi connectivity index (χ4v) is 2.73. The number of aryl methyl sites for hydroxylation is 1. The number of nitrogens with one attached hydrogen (secondary N) is 1. The Morgan fingerprint density at radius 2 is 2.00 bits per heavy atom. The molecule has 7 nitrogen and oxygen atoms in total. The molecule has 0 aromatic carbocycles. The Balaban J connectivity index is 2.41. The summed E-state index contributed by atoms with van der Waals surface area (Å²) in [6.07, 6.45) is 3.14. The molecule has 0 amide bonds. The van der Waals surface area contributed by atoms with Crippen molar-refractivity contribution in [1.29, 1.82) is 0 Å². The van der Waals surface area contributed by atoms with Crippen molar-refractivity contribution in [3.8, 4) is 0 Å². The normalized spacial score (nSPS) is 18.2. The highest BCUT2D eigenvalue weighted by molar-refractivity contribution is 5.62. The monoisotopic (exact) mass is 293 g/mol. The maximum atomic E-state index is 11.4. The summed E-state index contributed by atoms with van der Waals surface area (Å²) < 4.78 is 0. The summed E-state index contributed by atoms with van der Waals surface area (Å²) in [6.45, 7) is 7.73. The predicted octanol–water partition coefficient (Wildman–Crippen LogP) is 2.75. The molecule has 2 heterocycles. The van der Waals surface area contributed by atoms with Crippen molar-refractivity contribution in [2.24, 2.45) is 5.41 Å². The molecule has 1 saturated heterocycles. The van der Waals surface area contributed by atoms with Crippen molar-refractivity contribution in [3.63, 3.8) is 0 Å². The number of nitro groups is 1. The van der Waals surface area contributed by atoms with Crippen LogP contribution in [0.4, 0.5) is 17.5 Å². The van der Waals surface area contributed by atoms with Crippen LogP contribution in [0.25, 0.3) is 0 Å². The molecular weight excluding hydrogens is 270 g/mol. The quantitative estimate of drug-likeness (QED) is 0.681. The van der Waals surface area contributed by atoms with E-state index in [2.05, 4.69) is 29.1 Å². The average molecular weight is 293 g/mol. The molecule has 0 spiro atoms. The molecular formula is C14H23N5O2. The summed E-state index contributed by atoms with van der Waals surface area (Å²) in [6, 6.07) is 0. The highest BCUT2D eigenvalue weighted by Crippen LogP contribution is 2.35. The maximum Gasteiger partial charge on any atom is 0.332 e. The standard InChI is InChI=1S/C14H23N5O2/c1-10-11(19(20)21)12(17-13(15-4)16-10)18-8-5-6-14(2,3)7-9-18/h5-9H2,1-4H3,(H,15,16,17). The number of hydrogen-bond donors (Lipinski definition) is 1. The van der Waals surface area contributed by atoms with E-state index in [-0.39, 0.29) is 16.0 Å². The van der Waals surface area contributed by atoms with Gasteiger partial charge in [0.15, 0.2) is 0 Å². The van der Waals surface area contributed by atoms with Crippen molar-refractivity contribution in [3.05, 3.63) is 15.8 Å². The van der Waals surface area contributed by atoms with Gasteiger partial charge in [-0.15, -0.1) is 0 Å². The SMILES string of the molecule is CNc1nc(C)c([N+](=O)[O-])c(N2CCCC(C)(C)CC2)n1. The van der Waals surface area contributed by atoms with Gasteiger partial charge < -0.3 is 10.2 Å². The molecule has 2 rings (SSSR count). The van der Waals surface area contributed by atoms with Gasteiger partial charge in [-0.3, -0.25) is 10.1 Å². The molecule has 1 aromatic rings.